The minimum absolute atomic E-state index is 0.0767. The number of hydrogen-bond acceptors (Lipinski definition) is 7. The highest BCUT2D eigenvalue weighted by Gasteiger charge is 2.36. The van der Waals surface area contributed by atoms with Crippen molar-refractivity contribution in [3.63, 3.8) is 0 Å². The van der Waals surface area contributed by atoms with Gasteiger partial charge in [0.05, 0.1) is 35.8 Å². The number of aryl methyl sites for hydroxylation is 1. The Hall–Kier alpha value is -4.08. The van der Waals surface area contributed by atoms with Crippen molar-refractivity contribution in [3.05, 3.63) is 71.6 Å². The standard InChI is InChI=1S/C24H23FN6O3/c1-3-33-21-16(6-4-7-18(21)25)22-28-23(34-29-22)20-8-5-13-30(20)24(32)17-14-15(2)9-10-19(17)31-26-11-12-27-31/h4,6-7,9-12,14,20H,3,5,8,13H2,1-2H3. The largest absolute Gasteiger partial charge is 0.490 e. The first-order chi connectivity index (χ1) is 16.6. The predicted molar refractivity (Wildman–Crippen MR) is 120 cm³/mol. The van der Waals surface area contributed by atoms with Crippen molar-refractivity contribution in [1.29, 1.82) is 0 Å². The summed E-state index contributed by atoms with van der Waals surface area (Å²) in [5, 5.41) is 12.4. The SMILES string of the molecule is CCOc1c(F)cccc1-c1noc(C2CCCN2C(=O)c2cc(C)ccc2-n2nccn2)n1. The van der Waals surface area contributed by atoms with E-state index in [2.05, 4.69) is 20.3 Å². The summed E-state index contributed by atoms with van der Waals surface area (Å²) in [5.74, 6) is -0.0670. The first kappa shape index (κ1) is 21.7. The van der Waals surface area contributed by atoms with Crippen LogP contribution in [0.1, 0.15) is 47.6 Å². The number of aromatic nitrogens is 5. The molecule has 1 atom stereocenters. The number of ether oxygens (including phenoxy) is 1. The fourth-order valence-corrected chi connectivity index (χ4v) is 4.21. The molecule has 0 radical (unpaired) electrons. The maximum absolute atomic E-state index is 14.3. The third kappa shape index (κ3) is 3.91. The quantitative estimate of drug-likeness (QED) is 0.425. The van der Waals surface area contributed by atoms with Crippen LogP contribution in [-0.4, -0.2) is 49.1 Å². The van der Waals surface area contributed by atoms with Crippen molar-refractivity contribution in [2.45, 2.75) is 32.7 Å². The molecular weight excluding hydrogens is 439 g/mol. The van der Waals surface area contributed by atoms with E-state index in [1.807, 2.05) is 25.1 Å². The van der Waals surface area contributed by atoms with Gasteiger partial charge in [-0.1, -0.05) is 22.9 Å². The Morgan fingerprint density at radius 2 is 2.06 bits per heavy atom. The fourth-order valence-electron chi connectivity index (χ4n) is 4.21. The van der Waals surface area contributed by atoms with Gasteiger partial charge in [-0.05, 0) is 51.0 Å². The average Bonchev–Trinajstić information content (AvgIpc) is 3.61. The van der Waals surface area contributed by atoms with Crippen LogP contribution in [-0.2, 0) is 0 Å². The molecule has 174 valence electrons. The molecule has 1 amide bonds. The molecule has 1 saturated heterocycles. The number of carbonyl (C=O) groups is 1. The number of para-hydroxylation sites is 1. The molecule has 1 aliphatic heterocycles. The van der Waals surface area contributed by atoms with E-state index in [1.165, 1.54) is 10.9 Å². The van der Waals surface area contributed by atoms with Crippen LogP contribution in [0.15, 0.2) is 53.3 Å². The molecule has 1 fully saturated rings. The fraction of sp³-hybridized carbons (Fsp3) is 0.292. The highest BCUT2D eigenvalue weighted by molar-refractivity contribution is 5.98. The van der Waals surface area contributed by atoms with Gasteiger partial charge in [0.2, 0.25) is 11.7 Å². The number of benzene rings is 2. The van der Waals surface area contributed by atoms with Gasteiger partial charge in [0, 0.05) is 6.54 Å². The summed E-state index contributed by atoms with van der Waals surface area (Å²) in [6.45, 7) is 4.55. The predicted octanol–water partition coefficient (Wildman–Crippen LogP) is 4.14. The maximum atomic E-state index is 14.3. The smallest absolute Gasteiger partial charge is 0.256 e. The van der Waals surface area contributed by atoms with Crippen LogP contribution in [0.25, 0.3) is 17.1 Å². The Balaban J connectivity index is 1.47. The topological polar surface area (TPSA) is 99.2 Å². The van der Waals surface area contributed by atoms with E-state index in [0.717, 1.165) is 12.0 Å². The molecule has 9 nitrogen and oxygen atoms in total. The Labute approximate surface area is 195 Å². The molecule has 0 N–H and O–H groups in total. The molecule has 3 heterocycles. The van der Waals surface area contributed by atoms with E-state index in [1.54, 1.807) is 36.4 Å². The molecule has 1 unspecified atom stereocenters. The zero-order chi connectivity index (χ0) is 23.7. The van der Waals surface area contributed by atoms with Crippen LogP contribution < -0.4 is 4.74 Å². The van der Waals surface area contributed by atoms with Crippen molar-refractivity contribution >= 4 is 5.91 Å². The second-order valence-corrected chi connectivity index (χ2v) is 8.00. The number of rotatable bonds is 6. The van der Waals surface area contributed by atoms with E-state index in [-0.39, 0.29) is 17.5 Å². The summed E-state index contributed by atoms with van der Waals surface area (Å²) < 4.78 is 25.3. The molecule has 10 heteroatoms. The summed E-state index contributed by atoms with van der Waals surface area (Å²) >= 11 is 0. The number of halogens is 1. The van der Waals surface area contributed by atoms with Crippen LogP contribution in [0.3, 0.4) is 0 Å². The summed E-state index contributed by atoms with van der Waals surface area (Å²) in [5.41, 5.74) is 2.44. The lowest BCUT2D eigenvalue weighted by atomic mass is 10.1. The van der Waals surface area contributed by atoms with Gasteiger partial charge in [-0.15, -0.1) is 0 Å². The van der Waals surface area contributed by atoms with Gasteiger partial charge in [-0.3, -0.25) is 4.79 Å². The van der Waals surface area contributed by atoms with Gasteiger partial charge in [-0.2, -0.15) is 20.0 Å². The summed E-state index contributed by atoms with van der Waals surface area (Å²) in [7, 11) is 0. The van der Waals surface area contributed by atoms with Gasteiger partial charge in [0.15, 0.2) is 11.6 Å². The molecule has 0 aliphatic carbocycles. The molecule has 34 heavy (non-hydrogen) atoms. The molecule has 4 aromatic rings. The van der Waals surface area contributed by atoms with Crippen molar-refractivity contribution in [2.24, 2.45) is 0 Å². The van der Waals surface area contributed by atoms with Crippen LogP contribution >= 0.6 is 0 Å². The average molecular weight is 462 g/mol. The number of amides is 1. The molecule has 0 saturated carbocycles. The molecule has 0 bridgehead atoms. The van der Waals surface area contributed by atoms with Gasteiger partial charge in [0.1, 0.15) is 6.04 Å². The monoisotopic (exact) mass is 462 g/mol. The van der Waals surface area contributed by atoms with Crippen molar-refractivity contribution in [3.8, 4) is 22.8 Å². The van der Waals surface area contributed by atoms with Crippen molar-refractivity contribution in [2.75, 3.05) is 13.2 Å². The van der Waals surface area contributed by atoms with E-state index in [4.69, 9.17) is 9.26 Å². The van der Waals surface area contributed by atoms with Crippen LogP contribution in [0, 0.1) is 12.7 Å². The van der Waals surface area contributed by atoms with Gasteiger partial charge >= 0.3 is 0 Å². The number of carbonyl (C=O) groups excluding carboxylic acids is 1. The van der Waals surface area contributed by atoms with Gasteiger partial charge < -0.3 is 14.2 Å². The van der Waals surface area contributed by atoms with E-state index >= 15 is 0 Å². The first-order valence-corrected chi connectivity index (χ1v) is 11.1. The number of nitrogens with zero attached hydrogens (tertiary/aromatic N) is 6. The zero-order valence-corrected chi connectivity index (χ0v) is 18.8. The summed E-state index contributed by atoms with van der Waals surface area (Å²) in [6.07, 6.45) is 4.60. The molecule has 2 aromatic heterocycles. The first-order valence-electron chi connectivity index (χ1n) is 11.1. The molecular formula is C24H23FN6O3. The highest BCUT2D eigenvalue weighted by Crippen LogP contribution is 2.36. The van der Waals surface area contributed by atoms with Crippen molar-refractivity contribution < 1.29 is 18.4 Å². The normalized spacial score (nSPS) is 15.6. The van der Waals surface area contributed by atoms with Crippen LogP contribution in [0.4, 0.5) is 4.39 Å². The highest BCUT2D eigenvalue weighted by atomic mass is 19.1. The molecule has 5 rings (SSSR count). The lowest BCUT2D eigenvalue weighted by Gasteiger charge is -2.23. The second kappa shape index (κ2) is 9.05. The zero-order valence-electron chi connectivity index (χ0n) is 18.8. The Kier molecular flexibility index (Phi) is 5.79. The third-order valence-corrected chi connectivity index (χ3v) is 5.75. The summed E-state index contributed by atoms with van der Waals surface area (Å²) in [6, 6.07) is 9.75. The van der Waals surface area contributed by atoms with E-state index in [0.29, 0.717) is 42.3 Å². The number of likely N-dealkylation sites (tertiary alicyclic amines) is 1. The summed E-state index contributed by atoms with van der Waals surface area (Å²) in [4.78, 5) is 21.3. The third-order valence-electron chi connectivity index (χ3n) is 5.75. The molecule has 2 aromatic carbocycles. The number of hydrogen-bond donors (Lipinski definition) is 0. The van der Waals surface area contributed by atoms with Gasteiger partial charge in [0.25, 0.3) is 5.91 Å². The molecule has 1 aliphatic rings. The van der Waals surface area contributed by atoms with Gasteiger partial charge in [-0.25, -0.2) is 4.39 Å². The Bertz CT molecular complexity index is 1320. The second-order valence-electron chi connectivity index (χ2n) is 8.00. The van der Waals surface area contributed by atoms with E-state index in [9.17, 15) is 9.18 Å². The lowest BCUT2D eigenvalue weighted by Crippen LogP contribution is -2.31. The molecule has 0 spiro atoms. The van der Waals surface area contributed by atoms with Crippen LogP contribution in [0.5, 0.6) is 5.75 Å². The Morgan fingerprint density at radius 3 is 2.85 bits per heavy atom. The maximum Gasteiger partial charge on any atom is 0.256 e. The van der Waals surface area contributed by atoms with E-state index < -0.39 is 11.9 Å². The van der Waals surface area contributed by atoms with Crippen LogP contribution in [0.2, 0.25) is 0 Å². The lowest BCUT2D eigenvalue weighted by molar-refractivity contribution is 0.0709. The Morgan fingerprint density at radius 1 is 1.24 bits per heavy atom. The minimum Gasteiger partial charge on any atom is -0.490 e. The van der Waals surface area contributed by atoms with Crippen molar-refractivity contribution in [1.82, 2.24) is 30.0 Å². The minimum atomic E-state index is -0.498.